The van der Waals surface area contributed by atoms with Crippen LogP contribution in [0.15, 0.2) is 170 Å². The van der Waals surface area contributed by atoms with Crippen molar-refractivity contribution in [2.45, 2.75) is 0 Å². The zero-order valence-electron chi connectivity index (χ0n) is 32.9. The molecule has 282 valence electrons. The van der Waals surface area contributed by atoms with E-state index >= 15 is 0 Å². The fraction of sp³-hybridized carbons (Fsp3) is 0. The number of nitrogens with zero attached hydrogens (tertiary/aromatic N) is 7. The highest BCUT2D eigenvalue weighted by atomic mass is 15.1. The van der Waals surface area contributed by atoms with E-state index in [1.165, 1.54) is 10.9 Å². The molecule has 7 aromatic carbocycles. The van der Waals surface area contributed by atoms with Crippen molar-refractivity contribution in [3.63, 3.8) is 0 Å². The summed E-state index contributed by atoms with van der Waals surface area (Å²) in [5.41, 5.74) is 16.6. The summed E-state index contributed by atoms with van der Waals surface area (Å²) in [6.07, 6.45) is 7.35. The number of nitriles is 1. The van der Waals surface area contributed by atoms with Gasteiger partial charge in [-0.3, -0.25) is 9.97 Å². The SMILES string of the molecule is [C-]#[N+]c1c(-n2c3ccc(-c4cccnc4)cc3c3cc(-c4cccnc4)ccc32)c(C#N)c2c3c1-n1c4ccccc4c4cccc(c41)B3c1cccc3c4ccccc4n-2c13. The van der Waals surface area contributed by atoms with Crippen molar-refractivity contribution in [2.75, 3.05) is 0 Å². The third-order valence-corrected chi connectivity index (χ3v) is 13.4. The summed E-state index contributed by atoms with van der Waals surface area (Å²) in [6, 6.07) is 54.1. The lowest BCUT2D eigenvalue weighted by Gasteiger charge is -2.36. The molecule has 8 heteroatoms. The van der Waals surface area contributed by atoms with Crippen molar-refractivity contribution in [1.82, 2.24) is 23.7 Å². The van der Waals surface area contributed by atoms with Crippen molar-refractivity contribution >= 4 is 94.2 Å². The van der Waals surface area contributed by atoms with E-state index in [9.17, 15) is 11.8 Å². The highest BCUT2D eigenvalue weighted by Gasteiger charge is 2.44. The lowest BCUT2D eigenvalue weighted by molar-refractivity contribution is 1.10. The van der Waals surface area contributed by atoms with Gasteiger partial charge in [0.1, 0.15) is 6.07 Å². The summed E-state index contributed by atoms with van der Waals surface area (Å²) in [5, 5.41) is 18.4. The Hall–Kier alpha value is -8.72. The topological polar surface area (TPSA) is 68.7 Å². The third kappa shape index (κ3) is 4.03. The summed E-state index contributed by atoms with van der Waals surface area (Å²) >= 11 is 0. The minimum atomic E-state index is -0.218. The van der Waals surface area contributed by atoms with Gasteiger partial charge in [-0.2, -0.15) is 5.26 Å². The van der Waals surface area contributed by atoms with Gasteiger partial charge >= 0.3 is 0 Å². The van der Waals surface area contributed by atoms with Crippen LogP contribution in [0, 0.1) is 17.9 Å². The second-order valence-electron chi connectivity index (χ2n) is 16.3. The zero-order chi connectivity index (χ0) is 40.8. The molecule has 5 aromatic heterocycles. The number of benzene rings is 7. The van der Waals surface area contributed by atoms with E-state index in [4.69, 9.17) is 0 Å². The molecule has 0 radical (unpaired) electrons. The van der Waals surface area contributed by atoms with Crippen LogP contribution >= 0.6 is 0 Å². The lowest BCUT2D eigenvalue weighted by Crippen LogP contribution is -2.59. The van der Waals surface area contributed by atoms with Crippen molar-refractivity contribution in [3.8, 4) is 45.4 Å². The second-order valence-corrected chi connectivity index (χ2v) is 16.3. The molecular weight excluding hydrogens is 757 g/mol. The van der Waals surface area contributed by atoms with Crippen LogP contribution in [-0.2, 0) is 0 Å². The van der Waals surface area contributed by atoms with E-state index in [0.717, 1.165) is 105 Å². The molecule has 12 aromatic rings. The highest BCUT2D eigenvalue weighted by Crippen LogP contribution is 2.48. The largest absolute Gasteiger partial charge is 0.320 e. The Morgan fingerprint density at radius 2 is 1.00 bits per heavy atom. The summed E-state index contributed by atoms with van der Waals surface area (Å²) in [5.74, 6) is 0. The monoisotopic (exact) mass is 785 g/mol. The van der Waals surface area contributed by atoms with E-state index in [2.05, 4.69) is 168 Å². The minimum absolute atomic E-state index is 0.218. The standard InChI is InChI=1S/C54H28BN7/c1-57-49-53(60-46-22-20-31(33-10-8-24-58-29-33)26-39(46)40-27-32(21-23-47(40)60)34-11-9-25-59-30-34)41(28-56)52-48-54(49)62-45-19-5-3-13-36(45)38-15-7-17-43(51(38)62)55(48)42-16-6-14-37-35-12-2-4-18-44(35)61(52)50(37)42/h2-27,29-30H. The molecule has 0 saturated carbocycles. The van der Waals surface area contributed by atoms with Gasteiger partial charge in [-0.05, 0) is 76.0 Å². The summed E-state index contributed by atoms with van der Waals surface area (Å²) in [4.78, 5) is 13.4. The van der Waals surface area contributed by atoms with Gasteiger partial charge in [0.05, 0.1) is 51.3 Å². The molecule has 0 saturated heterocycles. The molecule has 0 spiro atoms. The molecular formula is C54H28BN7. The first-order valence-electron chi connectivity index (χ1n) is 20.7. The first kappa shape index (κ1) is 33.2. The van der Waals surface area contributed by atoms with Crippen molar-refractivity contribution < 1.29 is 0 Å². The summed E-state index contributed by atoms with van der Waals surface area (Å²) in [7, 11) is 0. The highest BCUT2D eigenvalue weighted by molar-refractivity contribution is 7.00. The molecule has 0 amide bonds. The Morgan fingerprint density at radius 3 is 1.52 bits per heavy atom. The molecule has 14 rings (SSSR count). The molecule has 2 aliphatic rings. The average Bonchev–Trinajstić information content (AvgIpc) is 3.98. The van der Waals surface area contributed by atoms with Gasteiger partial charge in [0.2, 0.25) is 5.69 Å². The van der Waals surface area contributed by atoms with Crippen LogP contribution in [0.5, 0.6) is 0 Å². The van der Waals surface area contributed by atoms with Crippen LogP contribution in [-0.4, -0.2) is 30.4 Å². The Labute approximate surface area is 354 Å². The van der Waals surface area contributed by atoms with Crippen LogP contribution in [0.2, 0.25) is 0 Å². The summed E-state index contributed by atoms with van der Waals surface area (Å²) < 4.78 is 6.85. The number of fused-ring (bicyclic) bond motifs is 13. The Balaban J connectivity index is 1.22. The van der Waals surface area contributed by atoms with Gasteiger partial charge in [-0.25, -0.2) is 4.85 Å². The van der Waals surface area contributed by atoms with E-state index in [-0.39, 0.29) is 6.71 Å². The Morgan fingerprint density at radius 1 is 0.484 bits per heavy atom. The zero-order valence-corrected chi connectivity index (χ0v) is 32.9. The van der Waals surface area contributed by atoms with Gasteiger partial charge in [0.15, 0.2) is 0 Å². The first-order chi connectivity index (χ1) is 30.7. The molecule has 7 heterocycles. The second kappa shape index (κ2) is 11.9. The average molecular weight is 786 g/mol. The van der Waals surface area contributed by atoms with Gasteiger partial charge in [0.25, 0.3) is 6.71 Å². The number of aromatic nitrogens is 5. The van der Waals surface area contributed by atoms with Gasteiger partial charge < -0.3 is 13.7 Å². The van der Waals surface area contributed by atoms with Crippen molar-refractivity contribution in [3.05, 3.63) is 187 Å². The van der Waals surface area contributed by atoms with Crippen LogP contribution in [0.3, 0.4) is 0 Å². The maximum atomic E-state index is 11.9. The van der Waals surface area contributed by atoms with Gasteiger partial charge in [0, 0.05) is 79.3 Å². The molecule has 0 N–H and O–H groups in total. The number of hydrogen-bond acceptors (Lipinski definition) is 3. The molecule has 0 atom stereocenters. The van der Waals surface area contributed by atoms with Crippen LogP contribution in [0.25, 0.3) is 110 Å². The van der Waals surface area contributed by atoms with E-state index in [1.807, 2.05) is 24.5 Å². The Kier molecular flexibility index (Phi) is 6.39. The van der Waals surface area contributed by atoms with E-state index < -0.39 is 0 Å². The number of para-hydroxylation sites is 4. The Bertz CT molecular complexity index is 3810. The third-order valence-electron chi connectivity index (χ3n) is 13.4. The predicted octanol–water partition coefficient (Wildman–Crippen LogP) is 10.7. The molecule has 62 heavy (non-hydrogen) atoms. The smallest absolute Gasteiger partial charge is 0.250 e. The quantitative estimate of drug-likeness (QED) is 0.132. The minimum Gasteiger partial charge on any atom is -0.320 e. The molecule has 0 fully saturated rings. The lowest BCUT2D eigenvalue weighted by atomic mass is 9.34. The fourth-order valence-corrected chi connectivity index (χ4v) is 11.1. The number of hydrogen-bond donors (Lipinski definition) is 0. The number of rotatable bonds is 3. The van der Waals surface area contributed by atoms with Crippen molar-refractivity contribution in [1.29, 1.82) is 5.26 Å². The number of pyridine rings is 2. The van der Waals surface area contributed by atoms with Crippen LogP contribution in [0.4, 0.5) is 5.69 Å². The van der Waals surface area contributed by atoms with Crippen LogP contribution < -0.4 is 16.4 Å². The maximum Gasteiger partial charge on any atom is 0.250 e. The van der Waals surface area contributed by atoms with Gasteiger partial charge in [-0.15, -0.1) is 0 Å². The van der Waals surface area contributed by atoms with E-state index in [1.54, 1.807) is 12.4 Å². The summed E-state index contributed by atoms with van der Waals surface area (Å²) in [6.45, 7) is 9.07. The normalized spacial score (nSPS) is 12.5. The molecule has 2 aliphatic heterocycles. The molecule has 0 bridgehead atoms. The van der Waals surface area contributed by atoms with Crippen LogP contribution in [0.1, 0.15) is 5.56 Å². The molecule has 0 unspecified atom stereocenters. The predicted molar refractivity (Wildman–Crippen MR) is 252 cm³/mol. The van der Waals surface area contributed by atoms with E-state index in [0.29, 0.717) is 16.9 Å². The maximum absolute atomic E-state index is 11.9. The molecule has 0 aliphatic carbocycles. The molecule has 7 nitrogen and oxygen atoms in total. The fourth-order valence-electron chi connectivity index (χ4n) is 11.1. The van der Waals surface area contributed by atoms with Crippen molar-refractivity contribution in [2.24, 2.45) is 0 Å². The first-order valence-corrected chi connectivity index (χ1v) is 20.7. The van der Waals surface area contributed by atoms with Gasteiger partial charge in [-0.1, -0.05) is 97.1 Å².